The van der Waals surface area contributed by atoms with Crippen molar-refractivity contribution in [1.82, 2.24) is 9.97 Å². The first-order chi connectivity index (χ1) is 16.7. The molecule has 1 atom stereocenters. The summed E-state index contributed by atoms with van der Waals surface area (Å²) in [7, 11) is 0. The summed E-state index contributed by atoms with van der Waals surface area (Å²) in [5.74, 6) is -2.21. The van der Waals surface area contributed by atoms with Gasteiger partial charge in [-0.1, -0.05) is 11.6 Å². The summed E-state index contributed by atoms with van der Waals surface area (Å²) in [6, 6.07) is 10.4. The number of non-ortho nitro benzene ring substituents is 1. The summed E-state index contributed by atoms with van der Waals surface area (Å²) in [6.07, 6.45) is -0.287. The van der Waals surface area contributed by atoms with E-state index in [0.717, 1.165) is 0 Å². The van der Waals surface area contributed by atoms with E-state index in [-0.39, 0.29) is 47.5 Å². The zero-order valence-corrected chi connectivity index (χ0v) is 19.0. The van der Waals surface area contributed by atoms with Gasteiger partial charge >= 0.3 is 0 Å². The Labute approximate surface area is 202 Å². The summed E-state index contributed by atoms with van der Waals surface area (Å²) in [4.78, 5) is 55.7. The number of anilines is 4. The minimum Gasteiger partial charge on any atom is -0.491 e. The van der Waals surface area contributed by atoms with Gasteiger partial charge in [0, 0.05) is 23.2 Å². The highest BCUT2D eigenvalue weighted by Gasteiger charge is 2.35. The van der Waals surface area contributed by atoms with Crippen molar-refractivity contribution in [2.45, 2.75) is 19.3 Å². The molecule has 0 aliphatic carbocycles. The van der Waals surface area contributed by atoms with Crippen LogP contribution in [0.1, 0.15) is 24.8 Å². The third-order valence-electron chi connectivity index (χ3n) is 5.11. The van der Waals surface area contributed by atoms with Crippen LogP contribution in [0.2, 0.25) is 5.02 Å². The minimum absolute atomic E-state index is 0.0105. The van der Waals surface area contributed by atoms with Crippen molar-refractivity contribution in [2.24, 2.45) is 0 Å². The Morgan fingerprint density at radius 2 is 2.00 bits per heavy atom. The average molecular weight is 499 g/mol. The lowest BCUT2D eigenvalue weighted by atomic mass is 9.92. The van der Waals surface area contributed by atoms with E-state index in [1.54, 1.807) is 31.2 Å². The van der Waals surface area contributed by atoms with Crippen molar-refractivity contribution in [3.63, 3.8) is 0 Å². The van der Waals surface area contributed by atoms with E-state index in [9.17, 15) is 24.5 Å². The summed E-state index contributed by atoms with van der Waals surface area (Å²) >= 11 is 5.88. The Bertz CT molecular complexity index is 1370. The lowest BCUT2D eigenvalue weighted by Gasteiger charge is -2.24. The molecule has 35 heavy (non-hydrogen) atoms. The first-order valence-electron chi connectivity index (χ1n) is 10.4. The zero-order valence-electron chi connectivity index (χ0n) is 18.3. The third kappa shape index (κ3) is 5.22. The van der Waals surface area contributed by atoms with Crippen LogP contribution in [0.5, 0.6) is 5.75 Å². The molecule has 1 aliphatic heterocycles. The lowest BCUT2D eigenvalue weighted by Crippen LogP contribution is -2.36. The number of carbonyl (C=O) groups excluding carboxylic acids is 2. The van der Waals surface area contributed by atoms with E-state index in [4.69, 9.17) is 16.3 Å². The smallest absolute Gasteiger partial charge is 0.273 e. The number of hydrogen-bond donors (Lipinski definition) is 4. The van der Waals surface area contributed by atoms with Gasteiger partial charge in [0.25, 0.3) is 11.2 Å². The number of H-pyrrole nitrogens is 1. The largest absolute Gasteiger partial charge is 0.491 e. The van der Waals surface area contributed by atoms with Crippen LogP contribution in [0.25, 0.3) is 0 Å². The van der Waals surface area contributed by atoms with E-state index in [1.165, 1.54) is 18.2 Å². The molecule has 4 rings (SSSR count). The SMILES string of the molecule is CCOc1cc([N+](=O)[O-])ccc1NC(=O)[C@@H]1CC(=O)Nc2nc(Nc3ccc(Cl)cc3)[nH]c(=O)c21. The quantitative estimate of drug-likeness (QED) is 0.283. The van der Waals surface area contributed by atoms with Crippen molar-refractivity contribution < 1.29 is 19.2 Å². The van der Waals surface area contributed by atoms with Crippen LogP contribution in [0, 0.1) is 10.1 Å². The van der Waals surface area contributed by atoms with Crippen molar-refractivity contribution >= 4 is 52.2 Å². The van der Waals surface area contributed by atoms with Gasteiger partial charge < -0.3 is 20.7 Å². The number of hydrogen-bond acceptors (Lipinski definition) is 8. The predicted molar refractivity (Wildman–Crippen MR) is 128 cm³/mol. The number of amides is 2. The second kappa shape index (κ2) is 9.81. The van der Waals surface area contributed by atoms with Crippen molar-refractivity contribution in [3.05, 3.63) is 73.5 Å². The molecule has 2 aromatic carbocycles. The lowest BCUT2D eigenvalue weighted by molar-refractivity contribution is -0.384. The van der Waals surface area contributed by atoms with E-state index in [1.807, 2.05) is 0 Å². The van der Waals surface area contributed by atoms with Crippen LogP contribution < -0.4 is 26.2 Å². The number of fused-ring (bicyclic) bond motifs is 1. The van der Waals surface area contributed by atoms with E-state index in [0.29, 0.717) is 10.7 Å². The Morgan fingerprint density at radius 3 is 2.69 bits per heavy atom. The van der Waals surface area contributed by atoms with Crippen LogP contribution in [-0.4, -0.2) is 33.3 Å². The molecule has 1 aliphatic rings. The predicted octanol–water partition coefficient (Wildman–Crippen LogP) is 3.54. The molecule has 0 fully saturated rings. The third-order valence-corrected chi connectivity index (χ3v) is 5.36. The summed E-state index contributed by atoms with van der Waals surface area (Å²) in [5, 5.41) is 19.6. The molecule has 13 heteroatoms. The molecule has 3 aromatic rings. The highest BCUT2D eigenvalue weighted by molar-refractivity contribution is 6.30. The number of nitro groups is 1. The van der Waals surface area contributed by atoms with E-state index >= 15 is 0 Å². The number of nitro benzene ring substituents is 1. The molecule has 1 aromatic heterocycles. The van der Waals surface area contributed by atoms with Gasteiger partial charge in [0.1, 0.15) is 11.6 Å². The van der Waals surface area contributed by atoms with Gasteiger partial charge in [-0.3, -0.25) is 29.5 Å². The molecule has 2 heterocycles. The number of benzene rings is 2. The number of nitrogens with zero attached hydrogens (tertiary/aromatic N) is 2. The van der Waals surface area contributed by atoms with Gasteiger partial charge in [0.15, 0.2) is 0 Å². The van der Waals surface area contributed by atoms with Gasteiger partial charge in [-0.2, -0.15) is 4.98 Å². The van der Waals surface area contributed by atoms with Crippen LogP contribution in [0.4, 0.5) is 28.8 Å². The molecular weight excluding hydrogens is 480 g/mol. The van der Waals surface area contributed by atoms with Crippen LogP contribution >= 0.6 is 11.6 Å². The molecule has 0 spiro atoms. The molecule has 2 amide bonds. The normalized spacial score (nSPS) is 14.5. The Kier molecular flexibility index (Phi) is 6.64. The summed E-state index contributed by atoms with van der Waals surface area (Å²) in [6.45, 7) is 1.89. The maximum absolute atomic E-state index is 13.1. The number of aromatic nitrogens is 2. The summed E-state index contributed by atoms with van der Waals surface area (Å²) in [5.41, 5.74) is -0.0740. The molecule has 0 saturated heterocycles. The monoisotopic (exact) mass is 498 g/mol. The second-order valence-corrected chi connectivity index (χ2v) is 7.91. The van der Waals surface area contributed by atoms with Gasteiger partial charge in [0.2, 0.25) is 17.8 Å². The minimum atomic E-state index is -1.15. The Morgan fingerprint density at radius 1 is 1.26 bits per heavy atom. The average Bonchev–Trinajstić information content (AvgIpc) is 2.81. The maximum atomic E-state index is 13.1. The fourth-order valence-corrected chi connectivity index (χ4v) is 3.67. The van der Waals surface area contributed by atoms with Gasteiger partial charge in [-0.05, 0) is 37.3 Å². The van der Waals surface area contributed by atoms with Gasteiger partial charge in [-0.15, -0.1) is 0 Å². The maximum Gasteiger partial charge on any atom is 0.273 e. The molecule has 12 nitrogen and oxygen atoms in total. The zero-order chi connectivity index (χ0) is 25.1. The molecule has 0 saturated carbocycles. The van der Waals surface area contributed by atoms with Crippen molar-refractivity contribution in [3.8, 4) is 5.75 Å². The van der Waals surface area contributed by atoms with Crippen molar-refractivity contribution in [2.75, 3.05) is 22.6 Å². The molecule has 180 valence electrons. The van der Waals surface area contributed by atoms with Crippen molar-refractivity contribution in [1.29, 1.82) is 0 Å². The Hall–Kier alpha value is -4.45. The second-order valence-electron chi connectivity index (χ2n) is 7.47. The van der Waals surface area contributed by atoms with Crippen LogP contribution in [0.15, 0.2) is 47.3 Å². The number of rotatable bonds is 7. The molecule has 0 radical (unpaired) electrons. The van der Waals surface area contributed by atoms with E-state index in [2.05, 4.69) is 25.9 Å². The topological polar surface area (TPSA) is 168 Å². The standard InChI is InChI=1S/C22H19ClN6O6/c1-2-35-16-9-13(29(33)34)7-8-15(16)25-20(31)14-10-17(30)26-19-18(14)21(32)28-22(27-19)24-12-5-3-11(23)4-6-12/h3-9,14H,2,10H2,1H3,(H,25,31)(H3,24,26,27,28,30,32)/t14-/m1/s1. The molecule has 0 unspecified atom stereocenters. The van der Waals surface area contributed by atoms with Crippen LogP contribution in [-0.2, 0) is 9.59 Å². The van der Waals surface area contributed by atoms with Gasteiger partial charge in [0.05, 0.1) is 34.8 Å². The highest BCUT2D eigenvalue weighted by Crippen LogP contribution is 2.33. The first-order valence-corrected chi connectivity index (χ1v) is 10.8. The molecular formula is C22H19ClN6O6. The molecule has 4 N–H and O–H groups in total. The number of aromatic amines is 1. The number of ether oxygens (including phenoxy) is 1. The van der Waals surface area contributed by atoms with Gasteiger partial charge in [-0.25, -0.2) is 0 Å². The van der Waals surface area contributed by atoms with E-state index < -0.39 is 28.2 Å². The number of nitrogens with one attached hydrogen (secondary N) is 4. The van der Waals surface area contributed by atoms with Crippen LogP contribution in [0.3, 0.4) is 0 Å². The first kappa shape index (κ1) is 23.7. The number of halogens is 1. The number of carbonyl (C=O) groups is 2. The molecule has 0 bridgehead atoms. The fourth-order valence-electron chi connectivity index (χ4n) is 3.55. The summed E-state index contributed by atoms with van der Waals surface area (Å²) < 4.78 is 5.41. The Balaban J connectivity index is 1.63. The fraction of sp³-hybridized carbons (Fsp3) is 0.182. The highest BCUT2D eigenvalue weighted by atomic mass is 35.5.